The molecule has 1 saturated carbocycles. The molecule has 1 fully saturated rings. The third-order valence-corrected chi connectivity index (χ3v) is 3.79. The zero-order chi connectivity index (χ0) is 13.8. The third-order valence-electron chi connectivity index (χ3n) is 2.87. The molecule has 106 valence electrons. The van der Waals surface area contributed by atoms with Crippen molar-refractivity contribution in [2.24, 2.45) is 0 Å². The number of carbonyl (C=O) groups excluding carboxylic acids is 1. The maximum Gasteiger partial charge on any atom is 0.258 e. The van der Waals surface area contributed by atoms with Crippen LogP contribution in [0.15, 0.2) is 0 Å². The summed E-state index contributed by atoms with van der Waals surface area (Å²) in [5.74, 6) is -0.0383. The average molecular weight is 286 g/mol. The number of aliphatic hydroxyl groups is 2. The molecule has 0 spiro atoms. The fourth-order valence-corrected chi connectivity index (χ4v) is 2.63. The molecule has 1 aliphatic carbocycles. The van der Waals surface area contributed by atoms with Crippen molar-refractivity contribution in [1.29, 1.82) is 0 Å². The Hall–Kier alpha value is -1.38. The van der Waals surface area contributed by atoms with E-state index in [9.17, 15) is 4.79 Å². The molecule has 0 saturated heterocycles. The lowest BCUT2D eigenvalue weighted by Gasteiger charge is -2.21. The lowest BCUT2D eigenvalue weighted by molar-refractivity contribution is 0.0952. The zero-order valence-electron chi connectivity index (χ0n) is 10.5. The molecule has 7 nitrogen and oxygen atoms in total. The molecule has 2 rings (SSSR count). The summed E-state index contributed by atoms with van der Waals surface area (Å²) in [5.41, 5.74) is 6.10. The van der Waals surface area contributed by atoms with E-state index in [1.165, 1.54) is 0 Å². The minimum Gasteiger partial charge on any atom is -0.395 e. The van der Waals surface area contributed by atoms with Gasteiger partial charge in [-0.1, -0.05) is 0 Å². The molecule has 1 aliphatic rings. The topological polar surface area (TPSA) is 112 Å². The molecule has 8 heteroatoms. The summed E-state index contributed by atoms with van der Waals surface area (Å²) in [4.78, 5) is 13.9. The summed E-state index contributed by atoms with van der Waals surface area (Å²) in [7, 11) is 0. The van der Waals surface area contributed by atoms with Crippen LogP contribution < -0.4 is 16.0 Å². The van der Waals surface area contributed by atoms with Crippen molar-refractivity contribution < 1.29 is 15.0 Å². The van der Waals surface area contributed by atoms with Gasteiger partial charge in [-0.3, -0.25) is 4.79 Å². The van der Waals surface area contributed by atoms with Gasteiger partial charge in [0.15, 0.2) is 5.82 Å². The number of hydrogen-bond donors (Lipinski definition) is 4. The summed E-state index contributed by atoms with van der Waals surface area (Å²) >= 11 is 1.11. The number of nitrogens with zero attached hydrogens (tertiary/aromatic N) is 2. The Morgan fingerprint density at radius 3 is 2.58 bits per heavy atom. The van der Waals surface area contributed by atoms with Crippen LogP contribution in [0.5, 0.6) is 0 Å². The Bertz CT molecular complexity index is 441. The zero-order valence-corrected chi connectivity index (χ0v) is 11.3. The maximum atomic E-state index is 12.1. The van der Waals surface area contributed by atoms with E-state index in [-0.39, 0.29) is 31.0 Å². The summed E-state index contributed by atoms with van der Waals surface area (Å²) < 4.78 is 4.00. The van der Waals surface area contributed by atoms with E-state index in [2.05, 4.69) is 9.69 Å². The number of nitrogens with two attached hydrogens (primary N) is 1. The van der Waals surface area contributed by atoms with Gasteiger partial charge < -0.3 is 26.2 Å². The Kier molecular flexibility index (Phi) is 4.56. The highest BCUT2D eigenvalue weighted by molar-refractivity contribution is 7.11. The fourth-order valence-electron chi connectivity index (χ4n) is 1.76. The minimum atomic E-state index is -0.232. The Morgan fingerprint density at radius 1 is 1.42 bits per heavy atom. The van der Waals surface area contributed by atoms with Gasteiger partial charge >= 0.3 is 0 Å². The van der Waals surface area contributed by atoms with Gasteiger partial charge in [0.05, 0.1) is 13.2 Å². The van der Waals surface area contributed by atoms with E-state index in [4.69, 9.17) is 15.9 Å². The molecular weight excluding hydrogens is 268 g/mol. The molecule has 1 aromatic heterocycles. The quantitative estimate of drug-likeness (QED) is 0.533. The second kappa shape index (κ2) is 6.18. The van der Waals surface area contributed by atoms with E-state index >= 15 is 0 Å². The number of rotatable bonds is 7. The van der Waals surface area contributed by atoms with Crippen LogP contribution in [0.1, 0.15) is 23.2 Å². The Morgan fingerprint density at radius 2 is 2.05 bits per heavy atom. The van der Waals surface area contributed by atoms with Gasteiger partial charge in [-0.25, -0.2) is 0 Å². The largest absolute Gasteiger partial charge is 0.395 e. The van der Waals surface area contributed by atoms with E-state index in [1.54, 1.807) is 4.90 Å². The van der Waals surface area contributed by atoms with E-state index < -0.39 is 0 Å². The smallest absolute Gasteiger partial charge is 0.258 e. The normalized spacial score (nSPS) is 14.4. The van der Waals surface area contributed by atoms with Gasteiger partial charge in [-0.2, -0.15) is 4.37 Å². The molecule has 0 atom stereocenters. The molecule has 19 heavy (non-hydrogen) atoms. The number of amides is 1. The molecular formula is C11H18N4O3S. The summed E-state index contributed by atoms with van der Waals surface area (Å²) in [6.07, 6.45) is 1.99. The van der Waals surface area contributed by atoms with Crippen molar-refractivity contribution in [2.45, 2.75) is 18.9 Å². The van der Waals surface area contributed by atoms with E-state index in [0.29, 0.717) is 23.7 Å². The maximum absolute atomic E-state index is 12.1. The standard InChI is InChI=1S/C11H18N4O3S/c12-9-8(10(18)13-7-1-2-7)11(19-14-9)15(3-5-16)4-6-17/h7,16-17H,1-6H2,(H2,12,14)(H,13,18). The van der Waals surface area contributed by atoms with E-state index in [0.717, 1.165) is 24.4 Å². The lowest BCUT2D eigenvalue weighted by Crippen LogP contribution is -2.32. The molecule has 0 aliphatic heterocycles. The van der Waals surface area contributed by atoms with Gasteiger partial charge in [0.1, 0.15) is 10.6 Å². The fraction of sp³-hybridized carbons (Fsp3) is 0.636. The number of carbonyl (C=O) groups is 1. The molecule has 0 unspecified atom stereocenters. The molecule has 0 radical (unpaired) electrons. The van der Waals surface area contributed by atoms with Crippen LogP contribution in [0.4, 0.5) is 10.8 Å². The summed E-state index contributed by atoms with van der Waals surface area (Å²) in [6.45, 7) is 0.515. The number of hydrogen-bond acceptors (Lipinski definition) is 7. The minimum absolute atomic E-state index is 0.0680. The first-order valence-corrected chi connectivity index (χ1v) is 6.97. The van der Waals surface area contributed by atoms with Crippen molar-refractivity contribution in [2.75, 3.05) is 36.9 Å². The van der Waals surface area contributed by atoms with Crippen molar-refractivity contribution >= 4 is 28.3 Å². The first-order chi connectivity index (χ1) is 9.17. The molecule has 0 bridgehead atoms. The molecule has 1 amide bonds. The van der Waals surface area contributed by atoms with Crippen LogP contribution in [0.3, 0.4) is 0 Å². The second-order valence-corrected chi connectivity index (χ2v) is 5.18. The van der Waals surface area contributed by atoms with Crippen molar-refractivity contribution in [3.05, 3.63) is 5.56 Å². The number of aromatic nitrogens is 1. The van der Waals surface area contributed by atoms with Gasteiger partial charge in [0.25, 0.3) is 5.91 Å². The first kappa shape index (κ1) is 14.0. The highest BCUT2D eigenvalue weighted by Gasteiger charge is 2.28. The molecule has 0 aromatic carbocycles. The second-order valence-electron chi connectivity index (χ2n) is 4.43. The lowest BCUT2D eigenvalue weighted by atomic mass is 10.2. The Labute approximate surface area is 115 Å². The van der Waals surface area contributed by atoms with Crippen molar-refractivity contribution in [3.63, 3.8) is 0 Å². The summed E-state index contributed by atoms with van der Waals surface area (Å²) in [5, 5.41) is 21.6. The molecule has 1 heterocycles. The van der Waals surface area contributed by atoms with Gasteiger partial charge in [-0.15, -0.1) is 0 Å². The molecule has 5 N–H and O–H groups in total. The number of anilines is 2. The summed E-state index contributed by atoms with van der Waals surface area (Å²) in [6, 6.07) is 0.240. The first-order valence-electron chi connectivity index (χ1n) is 6.20. The number of nitrogen functional groups attached to an aromatic ring is 1. The monoisotopic (exact) mass is 286 g/mol. The highest BCUT2D eigenvalue weighted by atomic mass is 32.1. The van der Waals surface area contributed by atoms with Crippen LogP contribution in [0, 0.1) is 0 Å². The highest BCUT2D eigenvalue weighted by Crippen LogP contribution is 2.31. The number of nitrogens with one attached hydrogen (secondary N) is 1. The van der Waals surface area contributed by atoms with E-state index in [1.807, 2.05) is 0 Å². The predicted molar refractivity (Wildman–Crippen MR) is 73.4 cm³/mol. The van der Waals surface area contributed by atoms with Crippen LogP contribution >= 0.6 is 11.5 Å². The van der Waals surface area contributed by atoms with Crippen LogP contribution in [0.2, 0.25) is 0 Å². The number of aliphatic hydroxyl groups excluding tert-OH is 2. The van der Waals surface area contributed by atoms with Gasteiger partial charge in [0.2, 0.25) is 0 Å². The van der Waals surface area contributed by atoms with Gasteiger partial charge in [0, 0.05) is 19.1 Å². The third kappa shape index (κ3) is 3.34. The SMILES string of the molecule is Nc1nsc(N(CCO)CCO)c1C(=O)NC1CC1. The van der Waals surface area contributed by atoms with Crippen LogP contribution in [-0.2, 0) is 0 Å². The van der Waals surface area contributed by atoms with Crippen LogP contribution in [0.25, 0.3) is 0 Å². The average Bonchev–Trinajstić information content (AvgIpc) is 3.09. The van der Waals surface area contributed by atoms with Crippen molar-refractivity contribution in [3.8, 4) is 0 Å². The molecule has 1 aromatic rings. The van der Waals surface area contributed by atoms with Gasteiger partial charge in [-0.05, 0) is 24.4 Å². The Balaban J connectivity index is 2.20. The van der Waals surface area contributed by atoms with Crippen molar-refractivity contribution in [1.82, 2.24) is 9.69 Å². The predicted octanol–water partition coefficient (Wildman–Crippen LogP) is -0.592. The van der Waals surface area contributed by atoms with Crippen LogP contribution in [-0.4, -0.2) is 52.8 Å².